The van der Waals surface area contributed by atoms with Crippen LogP contribution in [0.25, 0.3) is 11.4 Å². The largest absolute Gasteiger partial charge is 0.462 e. The third-order valence-electron chi connectivity index (χ3n) is 2.67. The molecule has 0 bridgehead atoms. The number of hydrogen-bond donors (Lipinski definition) is 0. The van der Waals surface area contributed by atoms with E-state index in [0.717, 1.165) is 12.1 Å². The van der Waals surface area contributed by atoms with Crippen molar-refractivity contribution in [3.63, 3.8) is 0 Å². The molecule has 0 atom stereocenters. The molecule has 0 aliphatic rings. The second-order valence-electron chi connectivity index (χ2n) is 4.04. The van der Waals surface area contributed by atoms with Gasteiger partial charge in [0.1, 0.15) is 5.56 Å². The Morgan fingerprint density at radius 1 is 1.33 bits per heavy atom. The predicted octanol–water partition coefficient (Wildman–Crippen LogP) is 3.34. The van der Waals surface area contributed by atoms with Crippen molar-refractivity contribution in [2.24, 2.45) is 0 Å². The molecule has 21 heavy (non-hydrogen) atoms. The van der Waals surface area contributed by atoms with Crippen molar-refractivity contribution in [1.82, 2.24) is 9.97 Å². The van der Waals surface area contributed by atoms with Crippen LogP contribution in [-0.2, 0) is 10.6 Å². The van der Waals surface area contributed by atoms with Gasteiger partial charge in [-0.05, 0) is 25.1 Å². The lowest BCUT2D eigenvalue weighted by Gasteiger charge is -2.08. The van der Waals surface area contributed by atoms with Crippen LogP contribution < -0.4 is 0 Å². The molecule has 1 heterocycles. The van der Waals surface area contributed by atoms with Crippen molar-refractivity contribution in [3.05, 3.63) is 47.3 Å². The van der Waals surface area contributed by atoms with Crippen molar-refractivity contribution in [3.8, 4) is 11.4 Å². The van der Waals surface area contributed by atoms with Crippen molar-refractivity contribution in [2.75, 3.05) is 6.61 Å². The van der Waals surface area contributed by atoms with Crippen LogP contribution in [0.15, 0.2) is 24.4 Å². The quantitative estimate of drug-likeness (QED) is 0.642. The second kappa shape index (κ2) is 6.58. The minimum Gasteiger partial charge on any atom is -0.462 e. The maximum atomic E-state index is 13.2. The Kier molecular flexibility index (Phi) is 4.80. The predicted molar refractivity (Wildman–Crippen MR) is 72.9 cm³/mol. The minimum atomic E-state index is -1.00. The first-order chi connectivity index (χ1) is 10.1. The molecule has 0 amide bonds. The Morgan fingerprint density at radius 3 is 2.71 bits per heavy atom. The van der Waals surface area contributed by atoms with E-state index in [1.165, 1.54) is 12.3 Å². The molecule has 7 heteroatoms. The van der Waals surface area contributed by atoms with Crippen LogP contribution in [0.4, 0.5) is 8.78 Å². The van der Waals surface area contributed by atoms with Gasteiger partial charge in [0.2, 0.25) is 0 Å². The molecule has 0 aliphatic heterocycles. The third-order valence-corrected chi connectivity index (χ3v) is 2.92. The highest BCUT2D eigenvalue weighted by Crippen LogP contribution is 2.20. The summed E-state index contributed by atoms with van der Waals surface area (Å²) >= 11 is 5.76. The third kappa shape index (κ3) is 3.33. The molecular formula is C14H11ClF2N2O2. The summed E-state index contributed by atoms with van der Waals surface area (Å²) in [5.41, 5.74) is 0.707. The molecule has 1 aromatic carbocycles. The van der Waals surface area contributed by atoms with Crippen LogP contribution in [0.5, 0.6) is 0 Å². The number of rotatable bonds is 4. The van der Waals surface area contributed by atoms with Gasteiger partial charge in [0.25, 0.3) is 0 Å². The van der Waals surface area contributed by atoms with Crippen LogP contribution in [0, 0.1) is 11.6 Å². The second-order valence-corrected chi connectivity index (χ2v) is 4.30. The summed E-state index contributed by atoms with van der Waals surface area (Å²) in [4.78, 5) is 19.8. The van der Waals surface area contributed by atoms with E-state index in [-0.39, 0.29) is 35.1 Å². The standard InChI is InChI=1S/C14H11ClF2N2O2/c1-2-21-14(20)9-7-18-13(19-12(9)6-15)8-3-4-10(16)11(17)5-8/h3-5,7H,2,6H2,1H3. The van der Waals surface area contributed by atoms with Gasteiger partial charge in [-0.1, -0.05) is 0 Å². The summed E-state index contributed by atoms with van der Waals surface area (Å²) in [6.07, 6.45) is 1.26. The monoisotopic (exact) mass is 312 g/mol. The molecule has 0 unspecified atom stereocenters. The number of halogens is 3. The molecule has 0 saturated carbocycles. The average molecular weight is 313 g/mol. The smallest absolute Gasteiger partial charge is 0.341 e. The summed E-state index contributed by atoms with van der Waals surface area (Å²) in [6.45, 7) is 1.89. The normalized spacial score (nSPS) is 10.5. The molecule has 0 spiro atoms. The van der Waals surface area contributed by atoms with Crippen LogP contribution in [0.3, 0.4) is 0 Å². The number of carbonyl (C=O) groups is 1. The van der Waals surface area contributed by atoms with E-state index in [4.69, 9.17) is 16.3 Å². The Bertz CT molecular complexity index is 680. The van der Waals surface area contributed by atoms with Gasteiger partial charge in [0, 0.05) is 11.8 Å². The van der Waals surface area contributed by atoms with E-state index < -0.39 is 17.6 Å². The summed E-state index contributed by atoms with van der Waals surface area (Å²) in [5, 5.41) is 0. The van der Waals surface area contributed by atoms with Gasteiger partial charge in [0.05, 0.1) is 18.2 Å². The molecule has 0 N–H and O–H groups in total. The molecule has 2 rings (SSSR count). The fraction of sp³-hybridized carbons (Fsp3) is 0.214. The number of ether oxygens (including phenoxy) is 1. The number of hydrogen-bond acceptors (Lipinski definition) is 4. The highest BCUT2D eigenvalue weighted by Gasteiger charge is 2.16. The van der Waals surface area contributed by atoms with Crippen molar-refractivity contribution < 1.29 is 18.3 Å². The number of benzene rings is 1. The van der Waals surface area contributed by atoms with Gasteiger partial charge in [0.15, 0.2) is 17.5 Å². The maximum Gasteiger partial charge on any atom is 0.341 e. The van der Waals surface area contributed by atoms with Gasteiger partial charge in [-0.3, -0.25) is 0 Å². The van der Waals surface area contributed by atoms with E-state index in [0.29, 0.717) is 0 Å². The summed E-state index contributed by atoms with van der Waals surface area (Å²) < 4.78 is 31.0. The fourth-order valence-corrected chi connectivity index (χ4v) is 1.88. The molecule has 0 aliphatic carbocycles. The Balaban J connectivity index is 2.42. The molecule has 110 valence electrons. The lowest BCUT2D eigenvalue weighted by atomic mass is 10.2. The van der Waals surface area contributed by atoms with Crippen molar-refractivity contribution in [1.29, 1.82) is 0 Å². The number of carbonyl (C=O) groups excluding carboxylic acids is 1. The molecule has 4 nitrogen and oxygen atoms in total. The van der Waals surface area contributed by atoms with Gasteiger partial charge in [-0.2, -0.15) is 0 Å². The van der Waals surface area contributed by atoms with Crippen LogP contribution >= 0.6 is 11.6 Å². The Labute approximate surface area is 124 Å². The van der Waals surface area contributed by atoms with E-state index in [9.17, 15) is 13.6 Å². The fourth-order valence-electron chi connectivity index (χ4n) is 1.67. The van der Waals surface area contributed by atoms with Crippen LogP contribution in [-0.4, -0.2) is 22.5 Å². The molecule has 0 fully saturated rings. The Hall–Kier alpha value is -2.08. The first-order valence-corrected chi connectivity index (χ1v) is 6.64. The summed E-state index contributed by atoms with van der Waals surface area (Å²) in [7, 11) is 0. The zero-order valence-electron chi connectivity index (χ0n) is 11.1. The van der Waals surface area contributed by atoms with Gasteiger partial charge in [-0.15, -0.1) is 11.6 Å². The van der Waals surface area contributed by atoms with Crippen molar-refractivity contribution in [2.45, 2.75) is 12.8 Å². The number of esters is 1. The highest BCUT2D eigenvalue weighted by molar-refractivity contribution is 6.17. The first-order valence-electron chi connectivity index (χ1n) is 6.11. The van der Waals surface area contributed by atoms with E-state index >= 15 is 0 Å². The molecule has 2 aromatic rings. The number of nitrogens with zero attached hydrogens (tertiary/aromatic N) is 2. The first kappa shape index (κ1) is 15.3. The lowest BCUT2D eigenvalue weighted by Crippen LogP contribution is -2.10. The number of alkyl halides is 1. The van der Waals surface area contributed by atoms with E-state index in [1.807, 2.05) is 0 Å². The van der Waals surface area contributed by atoms with Crippen molar-refractivity contribution >= 4 is 17.6 Å². The maximum absolute atomic E-state index is 13.2. The van der Waals surface area contributed by atoms with Crippen LogP contribution in [0.1, 0.15) is 23.0 Å². The van der Waals surface area contributed by atoms with E-state index in [1.54, 1.807) is 6.92 Å². The number of aromatic nitrogens is 2. The zero-order valence-corrected chi connectivity index (χ0v) is 11.8. The zero-order chi connectivity index (χ0) is 15.4. The minimum absolute atomic E-state index is 0.0344. The van der Waals surface area contributed by atoms with Gasteiger partial charge in [-0.25, -0.2) is 23.5 Å². The average Bonchev–Trinajstić information content (AvgIpc) is 2.49. The Morgan fingerprint density at radius 2 is 2.10 bits per heavy atom. The molecule has 1 aromatic heterocycles. The highest BCUT2D eigenvalue weighted by atomic mass is 35.5. The van der Waals surface area contributed by atoms with E-state index in [2.05, 4.69) is 9.97 Å². The molecule has 0 radical (unpaired) electrons. The lowest BCUT2D eigenvalue weighted by molar-refractivity contribution is 0.0524. The van der Waals surface area contributed by atoms with Crippen LogP contribution in [0.2, 0.25) is 0 Å². The van der Waals surface area contributed by atoms with Gasteiger partial charge >= 0.3 is 5.97 Å². The van der Waals surface area contributed by atoms with Gasteiger partial charge < -0.3 is 4.74 Å². The summed E-state index contributed by atoms with van der Waals surface area (Å²) in [6, 6.07) is 3.30. The molecule has 0 saturated heterocycles. The topological polar surface area (TPSA) is 52.1 Å². The SMILES string of the molecule is CCOC(=O)c1cnc(-c2ccc(F)c(F)c2)nc1CCl. The summed E-state index contributed by atoms with van der Waals surface area (Å²) in [5.74, 6) is -2.42. The molecular weight excluding hydrogens is 302 g/mol.